The van der Waals surface area contributed by atoms with E-state index in [1.165, 1.54) is 11.2 Å². The second-order valence-corrected chi connectivity index (χ2v) is 7.11. The van der Waals surface area contributed by atoms with Crippen molar-refractivity contribution in [3.8, 4) is 0 Å². The van der Waals surface area contributed by atoms with Gasteiger partial charge in [0.15, 0.2) is 0 Å². The van der Waals surface area contributed by atoms with Gasteiger partial charge in [0.1, 0.15) is 17.6 Å². The lowest BCUT2D eigenvalue weighted by Gasteiger charge is -2.23. The maximum atomic E-state index is 12.8. The van der Waals surface area contributed by atoms with Gasteiger partial charge in [-0.05, 0) is 42.8 Å². The lowest BCUT2D eigenvalue weighted by molar-refractivity contribution is -0.140. The summed E-state index contributed by atoms with van der Waals surface area (Å²) in [5, 5.41) is 11.3. The van der Waals surface area contributed by atoms with Crippen molar-refractivity contribution >= 4 is 29.1 Å². The number of likely N-dealkylation sites (tertiary alicyclic amines) is 1. The largest absolute Gasteiger partial charge is 0.507 e. The summed E-state index contributed by atoms with van der Waals surface area (Å²) in [7, 11) is 0. The van der Waals surface area contributed by atoms with Gasteiger partial charge in [-0.1, -0.05) is 11.6 Å². The Bertz CT molecular complexity index is 1040. The Morgan fingerprint density at radius 1 is 1.17 bits per heavy atom. The van der Waals surface area contributed by atoms with Gasteiger partial charge in [-0.15, -0.1) is 0 Å². The molecule has 4 rings (SSSR count). The number of aryl methyl sites for hydroxylation is 1. The molecule has 1 aliphatic heterocycles. The monoisotopic (exact) mass is 411 g/mol. The smallest absolute Gasteiger partial charge is 0.295 e. The third-order valence-electron chi connectivity index (χ3n) is 4.84. The number of hydrogen-bond donors (Lipinski definition) is 1. The molecule has 1 N–H and O–H groups in total. The minimum atomic E-state index is -0.788. The molecular formula is C21H18ClN3O4. The highest BCUT2D eigenvalue weighted by Crippen LogP contribution is 2.39. The summed E-state index contributed by atoms with van der Waals surface area (Å²) in [6.45, 7) is 0.969. The van der Waals surface area contributed by atoms with Crippen LogP contribution in [0.3, 0.4) is 0 Å². The number of furan rings is 1. The summed E-state index contributed by atoms with van der Waals surface area (Å²) >= 11 is 5.91. The van der Waals surface area contributed by atoms with Crippen molar-refractivity contribution in [1.29, 1.82) is 0 Å². The van der Waals surface area contributed by atoms with Crippen molar-refractivity contribution in [2.45, 2.75) is 19.0 Å². The summed E-state index contributed by atoms with van der Waals surface area (Å²) < 4.78 is 7.40. The van der Waals surface area contributed by atoms with E-state index < -0.39 is 17.7 Å². The van der Waals surface area contributed by atoms with Gasteiger partial charge in [0, 0.05) is 36.1 Å². The maximum absolute atomic E-state index is 12.8. The van der Waals surface area contributed by atoms with Gasteiger partial charge in [-0.2, -0.15) is 0 Å². The number of carbonyl (C=O) groups is 2. The predicted octanol–water partition coefficient (Wildman–Crippen LogP) is 3.64. The second-order valence-electron chi connectivity index (χ2n) is 6.67. The third kappa shape index (κ3) is 3.69. The van der Waals surface area contributed by atoms with Crippen LogP contribution in [-0.4, -0.2) is 37.8 Å². The number of rotatable bonds is 6. The number of aromatic nitrogens is 2. The SMILES string of the molecule is O=C1C(=O)N(CCCn2ccnc2)C(c2ccco2)/C1=C(\O)c1ccc(Cl)cc1. The first kappa shape index (κ1) is 19.0. The van der Waals surface area contributed by atoms with Gasteiger partial charge in [0.2, 0.25) is 0 Å². The molecule has 3 heterocycles. The number of imidazole rings is 1. The van der Waals surface area contributed by atoms with E-state index in [0.717, 1.165) is 0 Å². The number of aliphatic hydroxyl groups is 1. The predicted molar refractivity (Wildman–Crippen MR) is 106 cm³/mol. The molecule has 0 bridgehead atoms. The molecule has 1 amide bonds. The first-order chi connectivity index (χ1) is 14.1. The molecule has 7 nitrogen and oxygen atoms in total. The van der Waals surface area contributed by atoms with Crippen molar-refractivity contribution in [3.05, 3.63) is 83.3 Å². The Labute approximate surface area is 171 Å². The molecule has 8 heteroatoms. The average molecular weight is 412 g/mol. The summed E-state index contributed by atoms with van der Waals surface area (Å²) in [4.78, 5) is 31.0. The molecule has 1 saturated heterocycles. The first-order valence-electron chi connectivity index (χ1n) is 9.10. The molecule has 1 aromatic carbocycles. The van der Waals surface area contributed by atoms with Gasteiger partial charge in [0.05, 0.1) is 18.2 Å². The van der Waals surface area contributed by atoms with Crippen molar-refractivity contribution in [2.75, 3.05) is 6.54 Å². The summed E-state index contributed by atoms with van der Waals surface area (Å²) in [6, 6.07) is 9.01. The third-order valence-corrected chi connectivity index (χ3v) is 5.10. The van der Waals surface area contributed by atoms with E-state index in [1.54, 1.807) is 48.9 Å². The maximum Gasteiger partial charge on any atom is 0.295 e. The molecule has 1 fully saturated rings. The van der Waals surface area contributed by atoms with Crippen LogP contribution in [0.4, 0.5) is 0 Å². The average Bonchev–Trinajstić information content (AvgIpc) is 3.46. The number of hydrogen-bond acceptors (Lipinski definition) is 5. The van der Waals surface area contributed by atoms with E-state index in [9.17, 15) is 14.7 Å². The van der Waals surface area contributed by atoms with Gasteiger partial charge in [0.25, 0.3) is 11.7 Å². The van der Waals surface area contributed by atoms with Crippen LogP contribution < -0.4 is 0 Å². The Kier molecular flexibility index (Phi) is 5.22. The van der Waals surface area contributed by atoms with Crippen molar-refractivity contribution < 1.29 is 19.1 Å². The van der Waals surface area contributed by atoms with Gasteiger partial charge in [-0.25, -0.2) is 4.98 Å². The summed E-state index contributed by atoms with van der Waals surface area (Å²) in [5.74, 6) is -1.23. The molecule has 1 aliphatic rings. The second kappa shape index (κ2) is 7.97. The molecule has 2 aromatic heterocycles. The number of ketones is 1. The zero-order valence-corrected chi connectivity index (χ0v) is 16.1. The minimum Gasteiger partial charge on any atom is -0.507 e. The molecule has 0 spiro atoms. The topological polar surface area (TPSA) is 88.6 Å². The molecule has 0 saturated carbocycles. The van der Waals surface area contributed by atoms with Crippen LogP contribution in [0.2, 0.25) is 5.02 Å². The van der Waals surface area contributed by atoms with Crippen molar-refractivity contribution in [2.24, 2.45) is 0 Å². The standard InChI is InChI=1S/C21H18ClN3O4/c22-15-6-4-14(5-7-15)19(26)17-18(16-3-1-12-29-16)25(21(28)20(17)27)10-2-9-24-11-8-23-13-24/h1,3-8,11-13,18,26H,2,9-10H2/b19-17+. The zero-order valence-electron chi connectivity index (χ0n) is 15.4. The number of benzene rings is 1. The molecule has 0 radical (unpaired) electrons. The van der Waals surface area contributed by atoms with Crippen LogP contribution in [0.25, 0.3) is 5.76 Å². The van der Waals surface area contributed by atoms with Gasteiger partial charge < -0.3 is 19.0 Å². The Morgan fingerprint density at radius 3 is 2.62 bits per heavy atom. The lowest BCUT2D eigenvalue weighted by atomic mass is 9.99. The van der Waals surface area contributed by atoms with Crippen LogP contribution in [0.15, 0.2) is 71.4 Å². The number of halogens is 1. The fraction of sp³-hybridized carbons (Fsp3) is 0.190. The van der Waals surface area contributed by atoms with Crippen LogP contribution in [-0.2, 0) is 16.1 Å². The van der Waals surface area contributed by atoms with E-state index >= 15 is 0 Å². The van der Waals surface area contributed by atoms with Gasteiger partial charge >= 0.3 is 0 Å². The van der Waals surface area contributed by atoms with Crippen molar-refractivity contribution in [3.63, 3.8) is 0 Å². The van der Waals surface area contributed by atoms with Crippen LogP contribution in [0.1, 0.15) is 23.8 Å². The van der Waals surface area contributed by atoms with Crippen LogP contribution in [0, 0.1) is 0 Å². The molecular weight excluding hydrogens is 394 g/mol. The number of nitrogens with zero attached hydrogens (tertiary/aromatic N) is 3. The minimum absolute atomic E-state index is 0.00917. The van der Waals surface area contributed by atoms with E-state index in [1.807, 2.05) is 10.8 Å². The Hall–Kier alpha value is -3.32. The fourth-order valence-electron chi connectivity index (χ4n) is 3.46. The number of carbonyl (C=O) groups excluding carboxylic acids is 2. The van der Waals surface area contributed by atoms with E-state index in [0.29, 0.717) is 35.9 Å². The normalized spacial score (nSPS) is 18.5. The van der Waals surface area contributed by atoms with E-state index in [4.69, 9.17) is 16.0 Å². The zero-order chi connectivity index (χ0) is 20.4. The van der Waals surface area contributed by atoms with Crippen LogP contribution >= 0.6 is 11.6 Å². The number of amides is 1. The molecule has 29 heavy (non-hydrogen) atoms. The molecule has 148 valence electrons. The van der Waals surface area contributed by atoms with Gasteiger partial charge in [-0.3, -0.25) is 9.59 Å². The fourth-order valence-corrected chi connectivity index (χ4v) is 3.59. The molecule has 3 aromatic rings. The van der Waals surface area contributed by atoms with Crippen LogP contribution in [0.5, 0.6) is 0 Å². The molecule has 0 aliphatic carbocycles. The lowest BCUT2D eigenvalue weighted by Crippen LogP contribution is -2.31. The first-order valence-corrected chi connectivity index (χ1v) is 9.47. The number of Topliss-reactive ketones (excluding diaryl/α,β-unsaturated/α-hetero) is 1. The Balaban J connectivity index is 1.68. The molecule has 1 unspecified atom stereocenters. The summed E-state index contributed by atoms with van der Waals surface area (Å²) in [5.41, 5.74) is 0.414. The highest BCUT2D eigenvalue weighted by atomic mass is 35.5. The van der Waals surface area contributed by atoms with E-state index in [-0.39, 0.29) is 11.3 Å². The summed E-state index contributed by atoms with van der Waals surface area (Å²) in [6.07, 6.45) is 7.29. The highest BCUT2D eigenvalue weighted by Gasteiger charge is 2.47. The van der Waals surface area contributed by atoms with E-state index in [2.05, 4.69) is 4.98 Å². The number of aliphatic hydroxyl groups excluding tert-OH is 1. The molecule has 1 atom stereocenters. The van der Waals surface area contributed by atoms with Crippen molar-refractivity contribution in [1.82, 2.24) is 14.5 Å². The highest BCUT2D eigenvalue weighted by molar-refractivity contribution is 6.46. The Morgan fingerprint density at radius 2 is 1.97 bits per heavy atom. The quantitative estimate of drug-likeness (QED) is 0.380.